The highest BCUT2D eigenvalue weighted by Gasteiger charge is 2.17. The summed E-state index contributed by atoms with van der Waals surface area (Å²) in [6.45, 7) is 2.08. The van der Waals surface area contributed by atoms with Crippen molar-refractivity contribution < 1.29 is 14.4 Å². The van der Waals surface area contributed by atoms with Crippen LogP contribution < -0.4 is 10.6 Å². The smallest absolute Gasteiger partial charge is 0.251 e. The number of amides is 3. The Kier molecular flexibility index (Phi) is 6.59. The Morgan fingerprint density at radius 2 is 1.70 bits per heavy atom. The summed E-state index contributed by atoms with van der Waals surface area (Å²) in [5.41, 5.74) is 0.605. The van der Waals surface area contributed by atoms with E-state index in [9.17, 15) is 14.4 Å². The van der Waals surface area contributed by atoms with Gasteiger partial charge in [-0.3, -0.25) is 14.4 Å². The number of carbonyl (C=O) groups excluding carboxylic acids is 3. The fourth-order valence-electron chi connectivity index (χ4n) is 2.48. The monoisotopic (exact) mass is 317 g/mol. The van der Waals surface area contributed by atoms with Crippen molar-refractivity contribution in [3.63, 3.8) is 0 Å². The number of benzene rings is 1. The first-order chi connectivity index (χ1) is 11.2. The van der Waals surface area contributed by atoms with Crippen LogP contribution in [0.25, 0.3) is 0 Å². The van der Waals surface area contributed by atoms with Crippen molar-refractivity contribution in [1.82, 2.24) is 15.5 Å². The van der Waals surface area contributed by atoms with Gasteiger partial charge in [0.25, 0.3) is 5.91 Å². The van der Waals surface area contributed by atoms with Crippen LogP contribution >= 0.6 is 0 Å². The maximum Gasteiger partial charge on any atom is 0.251 e. The standard InChI is InChI=1S/C17H23N3O3/c21-15(19-13-16(22)20-11-4-5-12-20)9-6-10-18-17(23)14-7-2-1-3-8-14/h1-3,7-8H,4-6,9-13H2,(H,18,23)(H,19,21). The van der Waals surface area contributed by atoms with Crippen LogP contribution in [0.1, 0.15) is 36.0 Å². The molecule has 3 amide bonds. The first-order valence-corrected chi connectivity index (χ1v) is 8.04. The molecule has 1 aliphatic heterocycles. The lowest BCUT2D eigenvalue weighted by atomic mass is 10.2. The predicted octanol–water partition coefficient (Wildman–Crippen LogP) is 0.935. The maximum atomic E-state index is 11.8. The van der Waals surface area contributed by atoms with Crippen LogP contribution in [0.4, 0.5) is 0 Å². The Hall–Kier alpha value is -2.37. The molecule has 0 saturated carbocycles. The fourth-order valence-corrected chi connectivity index (χ4v) is 2.48. The van der Waals surface area contributed by atoms with Crippen molar-refractivity contribution in [1.29, 1.82) is 0 Å². The third kappa shape index (κ3) is 5.73. The maximum absolute atomic E-state index is 11.8. The number of hydrogen-bond acceptors (Lipinski definition) is 3. The zero-order valence-electron chi connectivity index (χ0n) is 13.2. The lowest BCUT2D eigenvalue weighted by Gasteiger charge is -2.15. The van der Waals surface area contributed by atoms with E-state index in [-0.39, 0.29) is 24.3 Å². The van der Waals surface area contributed by atoms with E-state index in [0.29, 0.717) is 24.9 Å². The third-order valence-corrected chi connectivity index (χ3v) is 3.80. The fraction of sp³-hybridized carbons (Fsp3) is 0.471. The molecule has 0 radical (unpaired) electrons. The Balaban J connectivity index is 1.56. The summed E-state index contributed by atoms with van der Waals surface area (Å²) in [5.74, 6) is -0.324. The molecule has 0 unspecified atom stereocenters. The second-order valence-corrected chi connectivity index (χ2v) is 5.59. The quantitative estimate of drug-likeness (QED) is 0.735. The molecule has 6 nitrogen and oxygen atoms in total. The zero-order chi connectivity index (χ0) is 16.5. The van der Waals surface area contributed by atoms with Gasteiger partial charge in [-0.15, -0.1) is 0 Å². The van der Waals surface area contributed by atoms with Crippen molar-refractivity contribution in [3.8, 4) is 0 Å². The molecule has 1 aliphatic rings. The van der Waals surface area contributed by atoms with Crippen LogP contribution in [-0.2, 0) is 9.59 Å². The highest BCUT2D eigenvalue weighted by atomic mass is 16.2. The van der Waals surface area contributed by atoms with Gasteiger partial charge in [0.2, 0.25) is 11.8 Å². The van der Waals surface area contributed by atoms with E-state index < -0.39 is 0 Å². The Morgan fingerprint density at radius 1 is 1.00 bits per heavy atom. The minimum atomic E-state index is -0.161. The average molecular weight is 317 g/mol. The molecule has 0 spiro atoms. The van der Waals surface area contributed by atoms with Gasteiger partial charge in [0, 0.05) is 31.6 Å². The molecule has 2 N–H and O–H groups in total. The molecule has 124 valence electrons. The van der Waals surface area contributed by atoms with E-state index in [2.05, 4.69) is 10.6 Å². The molecule has 1 saturated heterocycles. The van der Waals surface area contributed by atoms with E-state index in [4.69, 9.17) is 0 Å². The van der Waals surface area contributed by atoms with Gasteiger partial charge in [-0.1, -0.05) is 18.2 Å². The van der Waals surface area contributed by atoms with E-state index in [1.54, 1.807) is 29.2 Å². The lowest BCUT2D eigenvalue weighted by Crippen LogP contribution is -2.38. The number of hydrogen-bond donors (Lipinski definition) is 2. The van der Waals surface area contributed by atoms with Gasteiger partial charge in [-0.2, -0.15) is 0 Å². The summed E-state index contributed by atoms with van der Waals surface area (Å²) in [4.78, 5) is 37.0. The summed E-state index contributed by atoms with van der Waals surface area (Å²) >= 11 is 0. The summed E-state index contributed by atoms with van der Waals surface area (Å²) < 4.78 is 0. The molecule has 0 aliphatic carbocycles. The second-order valence-electron chi connectivity index (χ2n) is 5.59. The van der Waals surface area contributed by atoms with Crippen molar-refractivity contribution in [2.24, 2.45) is 0 Å². The average Bonchev–Trinajstić information content (AvgIpc) is 3.12. The Labute approximate surface area is 136 Å². The molecule has 1 fully saturated rings. The molecule has 23 heavy (non-hydrogen) atoms. The molecule has 0 aromatic heterocycles. The third-order valence-electron chi connectivity index (χ3n) is 3.80. The molecule has 1 heterocycles. The Morgan fingerprint density at radius 3 is 2.39 bits per heavy atom. The highest BCUT2D eigenvalue weighted by Crippen LogP contribution is 2.06. The van der Waals surface area contributed by atoms with Gasteiger partial charge in [0.15, 0.2) is 0 Å². The van der Waals surface area contributed by atoms with Crippen LogP contribution in [-0.4, -0.2) is 48.8 Å². The van der Waals surface area contributed by atoms with Crippen molar-refractivity contribution >= 4 is 17.7 Å². The van der Waals surface area contributed by atoms with Crippen molar-refractivity contribution in [2.45, 2.75) is 25.7 Å². The molecule has 1 aromatic carbocycles. The summed E-state index contributed by atoms with van der Waals surface area (Å²) in [7, 11) is 0. The van der Waals surface area contributed by atoms with E-state index in [1.807, 2.05) is 6.07 Å². The molecule has 1 aromatic rings. The van der Waals surface area contributed by atoms with E-state index in [1.165, 1.54) is 0 Å². The van der Waals surface area contributed by atoms with Crippen LogP contribution in [0.3, 0.4) is 0 Å². The zero-order valence-corrected chi connectivity index (χ0v) is 13.2. The molecule has 0 atom stereocenters. The lowest BCUT2D eigenvalue weighted by molar-refractivity contribution is -0.132. The molecule has 0 bridgehead atoms. The minimum absolute atomic E-state index is 0.0202. The highest BCUT2D eigenvalue weighted by molar-refractivity contribution is 5.94. The van der Waals surface area contributed by atoms with Gasteiger partial charge in [-0.05, 0) is 31.4 Å². The van der Waals surface area contributed by atoms with Crippen LogP contribution in [0.2, 0.25) is 0 Å². The SMILES string of the molecule is O=C(CCCNC(=O)c1ccccc1)NCC(=O)N1CCCC1. The molecule has 2 rings (SSSR count). The summed E-state index contributed by atoms with van der Waals surface area (Å²) in [6.07, 6.45) is 2.92. The number of nitrogens with one attached hydrogen (secondary N) is 2. The topological polar surface area (TPSA) is 78.5 Å². The van der Waals surface area contributed by atoms with Gasteiger partial charge in [0.1, 0.15) is 0 Å². The number of carbonyl (C=O) groups is 3. The number of rotatable bonds is 7. The molecule has 6 heteroatoms. The van der Waals surface area contributed by atoms with Crippen LogP contribution in [0.15, 0.2) is 30.3 Å². The first kappa shape index (κ1) is 17.0. The van der Waals surface area contributed by atoms with Crippen LogP contribution in [0, 0.1) is 0 Å². The summed E-state index contributed by atoms with van der Waals surface area (Å²) in [6, 6.07) is 8.95. The van der Waals surface area contributed by atoms with Gasteiger partial charge in [-0.25, -0.2) is 0 Å². The number of nitrogens with zero attached hydrogens (tertiary/aromatic N) is 1. The normalized spacial score (nSPS) is 13.7. The minimum Gasteiger partial charge on any atom is -0.352 e. The van der Waals surface area contributed by atoms with E-state index in [0.717, 1.165) is 25.9 Å². The Bertz CT molecular complexity index is 539. The summed E-state index contributed by atoms with van der Waals surface area (Å²) in [5, 5.41) is 5.41. The van der Waals surface area contributed by atoms with Gasteiger partial charge >= 0.3 is 0 Å². The van der Waals surface area contributed by atoms with Gasteiger partial charge in [0.05, 0.1) is 6.54 Å². The largest absolute Gasteiger partial charge is 0.352 e. The van der Waals surface area contributed by atoms with Crippen molar-refractivity contribution in [2.75, 3.05) is 26.2 Å². The number of likely N-dealkylation sites (tertiary alicyclic amines) is 1. The van der Waals surface area contributed by atoms with Crippen molar-refractivity contribution in [3.05, 3.63) is 35.9 Å². The van der Waals surface area contributed by atoms with Crippen LogP contribution in [0.5, 0.6) is 0 Å². The predicted molar refractivity (Wildman–Crippen MR) is 86.8 cm³/mol. The van der Waals surface area contributed by atoms with Gasteiger partial charge < -0.3 is 15.5 Å². The molecular formula is C17H23N3O3. The van der Waals surface area contributed by atoms with E-state index >= 15 is 0 Å². The second kappa shape index (κ2) is 8.92. The molecular weight excluding hydrogens is 294 g/mol. The first-order valence-electron chi connectivity index (χ1n) is 8.04.